The zero-order valence-corrected chi connectivity index (χ0v) is 36.0. The minimum atomic E-state index is -2.45. The van der Waals surface area contributed by atoms with E-state index in [9.17, 15) is 39.3 Å². The highest BCUT2D eigenvalue weighted by Crippen LogP contribution is 2.64. The molecule has 1 saturated heterocycles. The van der Waals surface area contributed by atoms with Gasteiger partial charge in [-0.2, -0.15) is 0 Å². The molecule has 18 nitrogen and oxygen atoms in total. The number of rotatable bonds is 9. The van der Waals surface area contributed by atoms with Crippen molar-refractivity contribution in [1.29, 1.82) is 0 Å². The minimum Gasteiger partial charge on any atom is -0.456 e. The molecular weight excluding hydrogens is 812 g/mol. The summed E-state index contributed by atoms with van der Waals surface area (Å²) >= 11 is 0. The van der Waals surface area contributed by atoms with Crippen molar-refractivity contribution in [3.63, 3.8) is 0 Å². The van der Waals surface area contributed by atoms with E-state index in [0.29, 0.717) is 0 Å². The Balaban J connectivity index is 1.55. The maximum atomic E-state index is 15.5. The van der Waals surface area contributed by atoms with Crippen molar-refractivity contribution in [3.8, 4) is 0 Å². The van der Waals surface area contributed by atoms with Gasteiger partial charge in [0.05, 0.1) is 42.4 Å². The summed E-state index contributed by atoms with van der Waals surface area (Å²) < 4.78 is 40.3. The maximum Gasteiger partial charge on any atom is 0.509 e. The fourth-order valence-electron chi connectivity index (χ4n) is 9.65. The van der Waals surface area contributed by atoms with Crippen LogP contribution in [0.4, 0.5) is 9.59 Å². The smallest absolute Gasteiger partial charge is 0.456 e. The SMILES string of the molecule is COC(=O)O[C@H]1C(=O)[C@@]2(C)C(C(OC(=O)c3ccccc3)[C@]3(O)C[C@H](OC(=O)[C@H](O)[C@@H](NC(=O)OC(C)(C)C)c4ccccn4)C(C)=C1C3(C)C)[C@]1(OC(C)=O)CO[C@@H]1C[C@@H]2O. The summed E-state index contributed by atoms with van der Waals surface area (Å²) in [6.07, 6.45) is -12.0. The number of pyridine rings is 1. The number of aliphatic hydroxyl groups excluding tert-OH is 2. The van der Waals surface area contributed by atoms with Crippen LogP contribution in [0.25, 0.3) is 0 Å². The van der Waals surface area contributed by atoms with Gasteiger partial charge in [-0.3, -0.25) is 14.6 Å². The second-order valence-corrected chi connectivity index (χ2v) is 18.0. The molecule has 4 N–H and O–H groups in total. The van der Waals surface area contributed by atoms with E-state index < -0.39 is 119 Å². The van der Waals surface area contributed by atoms with Gasteiger partial charge < -0.3 is 53.8 Å². The second kappa shape index (κ2) is 16.7. The summed E-state index contributed by atoms with van der Waals surface area (Å²) in [5.41, 5.74) is -8.98. The first-order valence-electron chi connectivity index (χ1n) is 20.2. The molecule has 62 heavy (non-hydrogen) atoms. The molecule has 11 atom stereocenters. The third-order valence-corrected chi connectivity index (χ3v) is 12.8. The number of carbonyl (C=O) groups is 6. The first-order chi connectivity index (χ1) is 28.9. The Kier molecular flexibility index (Phi) is 12.4. The molecular formula is C44H54N2O16. The molecule has 0 spiro atoms. The predicted octanol–water partition coefficient (Wildman–Crippen LogP) is 3.45. The highest BCUT2D eigenvalue weighted by Gasteiger charge is 2.78. The molecule has 2 heterocycles. The van der Waals surface area contributed by atoms with Gasteiger partial charge in [0.2, 0.25) is 0 Å². The lowest BCUT2D eigenvalue weighted by Crippen LogP contribution is -2.82. The largest absolute Gasteiger partial charge is 0.509 e. The first kappa shape index (κ1) is 46.1. The van der Waals surface area contributed by atoms with Gasteiger partial charge in [0.25, 0.3) is 0 Å². The van der Waals surface area contributed by atoms with Crippen LogP contribution in [0.3, 0.4) is 0 Å². The van der Waals surface area contributed by atoms with Crippen LogP contribution in [0.1, 0.15) is 90.3 Å². The van der Waals surface area contributed by atoms with Crippen LogP contribution in [0.15, 0.2) is 65.9 Å². The van der Waals surface area contributed by atoms with Crippen molar-refractivity contribution in [1.82, 2.24) is 10.3 Å². The zero-order chi connectivity index (χ0) is 45.7. The molecule has 2 aromatic rings. The number of ketones is 1. The molecule has 1 aliphatic heterocycles. The Morgan fingerprint density at radius 1 is 0.984 bits per heavy atom. The molecule has 0 radical (unpaired) electrons. The number of hydrogen-bond donors (Lipinski definition) is 4. The number of fused-ring (bicyclic) bond motifs is 5. The monoisotopic (exact) mass is 866 g/mol. The first-order valence-corrected chi connectivity index (χ1v) is 20.2. The Morgan fingerprint density at radius 2 is 1.65 bits per heavy atom. The van der Waals surface area contributed by atoms with Crippen molar-refractivity contribution in [2.24, 2.45) is 16.7 Å². The number of hydrogen-bond acceptors (Lipinski definition) is 17. The van der Waals surface area contributed by atoms with Crippen LogP contribution in [0, 0.1) is 16.7 Å². The fraction of sp³-hybridized carbons (Fsp3) is 0.568. The number of amides is 1. The summed E-state index contributed by atoms with van der Waals surface area (Å²) in [5, 5.41) is 39.8. The molecule has 2 unspecified atom stereocenters. The summed E-state index contributed by atoms with van der Waals surface area (Å²) in [4.78, 5) is 87.3. The topological polar surface area (TPSA) is 253 Å². The Hall–Kier alpha value is -5.43. The van der Waals surface area contributed by atoms with E-state index in [4.69, 9.17) is 33.2 Å². The molecule has 6 rings (SSSR count). The van der Waals surface area contributed by atoms with Crippen LogP contribution >= 0.6 is 0 Å². The van der Waals surface area contributed by atoms with E-state index in [2.05, 4.69) is 10.3 Å². The van der Waals surface area contributed by atoms with Crippen molar-refractivity contribution >= 4 is 35.9 Å². The highest BCUT2D eigenvalue weighted by molar-refractivity contribution is 5.95. The lowest BCUT2D eigenvalue weighted by Gasteiger charge is -2.67. The summed E-state index contributed by atoms with van der Waals surface area (Å²) in [5.74, 6) is -5.64. The van der Waals surface area contributed by atoms with E-state index in [-0.39, 0.29) is 35.4 Å². The number of benzene rings is 1. The molecule has 336 valence electrons. The lowest BCUT2D eigenvalue weighted by atomic mass is 9.44. The molecule has 2 bridgehead atoms. The van der Waals surface area contributed by atoms with E-state index in [1.165, 1.54) is 52.1 Å². The van der Waals surface area contributed by atoms with Crippen LogP contribution in [-0.4, -0.2) is 123 Å². The van der Waals surface area contributed by atoms with E-state index in [1.54, 1.807) is 51.1 Å². The predicted molar refractivity (Wildman–Crippen MR) is 213 cm³/mol. The van der Waals surface area contributed by atoms with Crippen molar-refractivity contribution in [2.45, 2.75) is 128 Å². The van der Waals surface area contributed by atoms with Crippen LogP contribution in [0.2, 0.25) is 0 Å². The third kappa shape index (κ3) is 7.93. The standard InChI is InChI=1S/C44H54N2O16/c1-22-26(58-37(52)31(49)30(25-17-13-14-18-45-25)46-38(53)62-40(3,4)5)20-44(55)35(60-36(51)24-15-11-10-12-16-24)33-42(8,27(48)19-28-43(33,21-57-28)61-23(2)47)34(50)32(59-39(54)56-9)29(22)41(44,6)7/h10-18,26-28,30-33,35,48-49,55H,19-21H2,1-9H3,(H,46,53)/t26-,27-,28+,30-,31+,32+,33?,35?,42+,43-,44+/m0/s1. The van der Waals surface area contributed by atoms with Crippen molar-refractivity contribution in [2.75, 3.05) is 13.7 Å². The number of methoxy groups -OCH3 is 1. The Labute approximate surface area is 358 Å². The van der Waals surface area contributed by atoms with Crippen LogP contribution < -0.4 is 5.32 Å². The van der Waals surface area contributed by atoms with Gasteiger partial charge in [-0.05, 0) is 70.0 Å². The molecule has 3 fully saturated rings. The van der Waals surface area contributed by atoms with E-state index in [1.807, 2.05) is 0 Å². The number of ether oxygens (including phenoxy) is 7. The van der Waals surface area contributed by atoms with Crippen LogP contribution in [-0.2, 0) is 47.5 Å². The van der Waals surface area contributed by atoms with Gasteiger partial charge in [0, 0.05) is 31.4 Å². The molecule has 2 saturated carbocycles. The van der Waals surface area contributed by atoms with Gasteiger partial charge in [-0.25, -0.2) is 19.2 Å². The third-order valence-electron chi connectivity index (χ3n) is 12.8. The molecule has 4 aliphatic rings. The number of nitrogens with zero attached hydrogens (tertiary/aromatic N) is 1. The average molecular weight is 867 g/mol. The average Bonchev–Trinajstić information content (AvgIpc) is 3.20. The number of alkyl carbamates (subject to hydrolysis) is 1. The van der Waals surface area contributed by atoms with E-state index in [0.717, 1.165) is 14.0 Å². The zero-order valence-electron chi connectivity index (χ0n) is 36.0. The lowest BCUT2D eigenvalue weighted by molar-refractivity contribution is -0.346. The van der Waals surface area contributed by atoms with Crippen LogP contribution in [0.5, 0.6) is 0 Å². The van der Waals surface area contributed by atoms with Gasteiger partial charge in [0.15, 0.2) is 23.6 Å². The molecule has 3 aliphatic carbocycles. The number of aliphatic hydroxyl groups is 3. The quantitative estimate of drug-likeness (QED) is 0.160. The minimum absolute atomic E-state index is 0.0436. The number of carbonyl (C=O) groups excluding carboxylic acids is 6. The molecule has 1 amide bonds. The summed E-state index contributed by atoms with van der Waals surface area (Å²) in [6.45, 7) is 11.5. The molecule has 1 aromatic heterocycles. The number of Topliss-reactive ketones (excluding diaryl/α,β-unsaturated/α-hetero) is 1. The number of esters is 3. The number of nitrogens with one attached hydrogen (secondary N) is 1. The Bertz CT molecular complexity index is 2120. The summed E-state index contributed by atoms with van der Waals surface area (Å²) in [6, 6.07) is 10.8. The molecule has 18 heteroatoms. The molecule has 1 aromatic carbocycles. The van der Waals surface area contributed by atoms with Gasteiger partial charge in [0.1, 0.15) is 35.6 Å². The maximum absolute atomic E-state index is 15.5. The second-order valence-electron chi connectivity index (χ2n) is 18.0. The van der Waals surface area contributed by atoms with E-state index >= 15 is 4.79 Å². The van der Waals surface area contributed by atoms with Gasteiger partial charge in [-0.15, -0.1) is 0 Å². The van der Waals surface area contributed by atoms with Crippen molar-refractivity contribution in [3.05, 3.63) is 77.1 Å². The Morgan fingerprint density at radius 3 is 2.21 bits per heavy atom. The summed E-state index contributed by atoms with van der Waals surface area (Å²) in [7, 11) is 1.01. The fourth-order valence-corrected chi connectivity index (χ4v) is 9.65. The van der Waals surface area contributed by atoms with Gasteiger partial charge in [-0.1, -0.05) is 38.1 Å². The normalized spacial score (nSPS) is 32.1. The van der Waals surface area contributed by atoms with Gasteiger partial charge >= 0.3 is 30.2 Å². The van der Waals surface area contributed by atoms with Crippen molar-refractivity contribution < 1.29 is 77.2 Å². The number of aromatic nitrogens is 1. The highest BCUT2D eigenvalue weighted by atomic mass is 16.7.